The van der Waals surface area contributed by atoms with Crippen LogP contribution in [0.4, 0.5) is 0 Å². The van der Waals surface area contributed by atoms with Gasteiger partial charge in [0.25, 0.3) is 0 Å². The first kappa shape index (κ1) is 32.6. The van der Waals surface area contributed by atoms with Crippen molar-refractivity contribution in [3.05, 3.63) is 118 Å². The fourth-order valence-corrected chi connectivity index (χ4v) is 4.11. The SMILES string of the molecule is CC(C)=CCC/C(C)=C/CC/C(=C/CC/C(C)=C/COC(=O)Cc1ccccc1)COC(=O)Cc1ccccc1. The van der Waals surface area contributed by atoms with Crippen LogP contribution >= 0.6 is 0 Å². The predicted molar refractivity (Wildman–Crippen MR) is 165 cm³/mol. The van der Waals surface area contributed by atoms with E-state index in [1.54, 1.807) is 0 Å². The minimum Gasteiger partial charge on any atom is -0.461 e. The van der Waals surface area contributed by atoms with Gasteiger partial charge in [0.05, 0.1) is 12.8 Å². The molecule has 2 aromatic rings. The number of benzene rings is 2. The molecule has 0 amide bonds. The lowest BCUT2D eigenvalue weighted by molar-refractivity contribution is -0.142. The summed E-state index contributed by atoms with van der Waals surface area (Å²) >= 11 is 0. The predicted octanol–water partition coefficient (Wildman–Crippen LogP) is 8.68. The fraction of sp³-hybridized carbons (Fsp3) is 0.389. The molecule has 0 radical (unpaired) electrons. The number of carbonyl (C=O) groups excluding carboxylic acids is 2. The van der Waals surface area contributed by atoms with Crippen LogP contribution in [0.15, 0.2) is 107 Å². The maximum absolute atomic E-state index is 12.4. The van der Waals surface area contributed by atoms with E-state index >= 15 is 0 Å². The number of hydrogen-bond donors (Lipinski definition) is 0. The standard InChI is InChI=1S/C36H46O4/c1-29(2)14-11-15-30(3)16-12-22-34(28-40-36(38)27-33-20-9-6-10-21-33)23-13-17-31(4)24-25-39-35(37)26-32-18-7-5-8-19-32/h5-10,14,16,18-21,23-24H,11-13,15,17,22,25-28H2,1-4H3/b30-16+,31-24+,34-23-. The van der Waals surface area contributed by atoms with Crippen LogP contribution < -0.4 is 0 Å². The maximum atomic E-state index is 12.4. The summed E-state index contributed by atoms with van der Waals surface area (Å²) < 4.78 is 11.0. The Hall–Kier alpha value is -3.66. The highest BCUT2D eigenvalue weighted by Gasteiger charge is 2.07. The summed E-state index contributed by atoms with van der Waals surface area (Å²) in [4.78, 5) is 24.5. The van der Waals surface area contributed by atoms with Crippen molar-refractivity contribution in [1.29, 1.82) is 0 Å². The lowest BCUT2D eigenvalue weighted by Crippen LogP contribution is -2.10. The molecule has 0 spiro atoms. The molecule has 0 fully saturated rings. The summed E-state index contributed by atoms with van der Waals surface area (Å²) in [5.41, 5.74) is 6.95. The highest BCUT2D eigenvalue weighted by molar-refractivity contribution is 5.73. The van der Waals surface area contributed by atoms with E-state index in [0.29, 0.717) is 6.61 Å². The summed E-state index contributed by atoms with van der Waals surface area (Å²) in [6, 6.07) is 19.3. The quantitative estimate of drug-likeness (QED) is 0.148. The normalized spacial score (nSPS) is 12.2. The van der Waals surface area contributed by atoms with Crippen LogP contribution in [0.2, 0.25) is 0 Å². The van der Waals surface area contributed by atoms with Crippen molar-refractivity contribution in [2.24, 2.45) is 0 Å². The van der Waals surface area contributed by atoms with Crippen molar-refractivity contribution in [1.82, 2.24) is 0 Å². The smallest absolute Gasteiger partial charge is 0.310 e. The van der Waals surface area contributed by atoms with E-state index in [2.05, 4.69) is 45.9 Å². The van der Waals surface area contributed by atoms with Gasteiger partial charge in [0.1, 0.15) is 13.2 Å². The second kappa shape index (κ2) is 19.4. The van der Waals surface area contributed by atoms with Gasteiger partial charge in [0.2, 0.25) is 0 Å². The Labute approximate surface area is 241 Å². The van der Waals surface area contributed by atoms with E-state index < -0.39 is 0 Å². The maximum Gasteiger partial charge on any atom is 0.310 e. The van der Waals surface area contributed by atoms with Gasteiger partial charge < -0.3 is 9.47 Å². The third kappa shape index (κ3) is 15.7. The summed E-state index contributed by atoms with van der Waals surface area (Å²) in [6.45, 7) is 9.09. The molecule has 0 atom stereocenters. The van der Waals surface area contributed by atoms with Crippen molar-refractivity contribution in [2.45, 2.75) is 79.1 Å². The van der Waals surface area contributed by atoms with Gasteiger partial charge in [-0.3, -0.25) is 9.59 Å². The molecule has 0 aliphatic rings. The zero-order valence-corrected chi connectivity index (χ0v) is 24.8. The van der Waals surface area contributed by atoms with Crippen molar-refractivity contribution in [3.63, 3.8) is 0 Å². The molecule has 4 heteroatoms. The number of ether oxygens (including phenoxy) is 2. The van der Waals surface area contributed by atoms with Crippen LogP contribution in [-0.4, -0.2) is 25.2 Å². The summed E-state index contributed by atoms with van der Waals surface area (Å²) in [7, 11) is 0. The number of esters is 2. The minimum absolute atomic E-state index is 0.209. The topological polar surface area (TPSA) is 52.6 Å². The van der Waals surface area contributed by atoms with E-state index in [-0.39, 0.29) is 31.4 Å². The molecule has 40 heavy (non-hydrogen) atoms. The number of hydrogen-bond acceptors (Lipinski definition) is 4. The monoisotopic (exact) mass is 542 g/mol. The van der Waals surface area contributed by atoms with Gasteiger partial charge in [0, 0.05) is 0 Å². The largest absolute Gasteiger partial charge is 0.461 e. The average molecular weight is 543 g/mol. The number of rotatable bonds is 17. The Morgan fingerprint density at radius 1 is 0.600 bits per heavy atom. The second-order valence-corrected chi connectivity index (χ2v) is 10.5. The molecule has 0 saturated carbocycles. The lowest BCUT2D eigenvalue weighted by Gasteiger charge is -2.10. The summed E-state index contributed by atoms with van der Waals surface area (Å²) in [5.74, 6) is -0.433. The first-order valence-electron chi connectivity index (χ1n) is 14.3. The van der Waals surface area contributed by atoms with Gasteiger partial charge in [-0.2, -0.15) is 0 Å². The summed E-state index contributed by atoms with van der Waals surface area (Å²) in [6.07, 6.45) is 14.9. The molecule has 4 nitrogen and oxygen atoms in total. The zero-order chi connectivity index (χ0) is 29.0. The zero-order valence-electron chi connectivity index (χ0n) is 24.8. The molecule has 0 N–H and O–H groups in total. The molecule has 2 aromatic carbocycles. The highest BCUT2D eigenvalue weighted by atomic mass is 16.5. The Kier molecular flexibility index (Phi) is 15.8. The molecular weight excluding hydrogens is 496 g/mol. The van der Waals surface area contributed by atoms with Gasteiger partial charge in [-0.05, 0) is 89.0 Å². The molecule has 0 aromatic heterocycles. The van der Waals surface area contributed by atoms with Crippen LogP contribution in [-0.2, 0) is 31.9 Å². The van der Waals surface area contributed by atoms with Crippen LogP contribution in [0.1, 0.15) is 77.3 Å². The van der Waals surface area contributed by atoms with E-state index in [9.17, 15) is 9.59 Å². The van der Waals surface area contributed by atoms with Gasteiger partial charge >= 0.3 is 11.9 Å². The molecule has 0 unspecified atom stereocenters. The molecule has 0 heterocycles. The van der Waals surface area contributed by atoms with Gasteiger partial charge in [-0.1, -0.05) is 95.6 Å². The Balaban J connectivity index is 1.85. The van der Waals surface area contributed by atoms with E-state index in [0.717, 1.165) is 55.2 Å². The molecule has 214 valence electrons. The van der Waals surface area contributed by atoms with Crippen LogP contribution in [0, 0.1) is 0 Å². The van der Waals surface area contributed by atoms with Crippen LogP contribution in [0.25, 0.3) is 0 Å². The average Bonchev–Trinajstić information content (AvgIpc) is 2.92. The van der Waals surface area contributed by atoms with Crippen LogP contribution in [0.5, 0.6) is 0 Å². The van der Waals surface area contributed by atoms with Crippen LogP contribution in [0.3, 0.4) is 0 Å². The molecule has 0 aliphatic heterocycles. The van der Waals surface area contributed by atoms with Crippen molar-refractivity contribution in [3.8, 4) is 0 Å². The van der Waals surface area contributed by atoms with Crippen molar-refractivity contribution in [2.75, 3.05) is 13.2 Å². The first-order chi connectivity index (χ1) is 19.3. The minimum atomic E-state index is -0.223. The molecule has 0 bridgehead atoms. The first-order valence-corrected chi connectivity index (χ1v) is 14.3. The molecular formula is C36H46O4. The Bertz CT molecular complexity index is 1150. The molecule has 0 saturated heterocycles. The Morgan fingerprint density at radius 3 is 1.68 bits per heavy atom. The third-order valence-electron chi connectivity index (χ3n) is 6.50. The van der Waals surface area contributed by atoms with Crippen molar-refractivity contribution >= 4 is 11.9 Å². The third-order valence-corrected chi connectivity index (χ3v) is 6.50. The van der Waals surface area contributed by atoms with Gasteiger partial charge in [-0.15, -0.1) is 0 Å². The number of carbonyl (C=O) groups is 2. The Morgan fingerprint density at radius 2 is 1.10 bits per heavy atom. The van der Waals surface area contributed by atoms with E-state index in [1.165, 1.54) is 16.7 Å². The summed E-state index contributed by atoms with van der Waals surface area (Å²) in [5, 5.41) is 0. The molecule has 0 aliphatic carbocycles. The molecule has 2 rings (SSSR count). The lowest BCUT2D eigenvalue weighted by atomic mass is 10.0. The van der Waals surface area contributed by atoms with Gasteiger partial charge in [0.15, 0.2) is 0 Å². The van der Waals surface area contributed by atoms with Gasteiger partial charge in [-0.25, -0.2) is 0 Å². The van der Waals surface area contributed by atoms with E-state index in [1.807, 2.05) is 66.7 Å². The van der Waals surface area contributed by atoms with E-state index in [4.69, 9.17) is 9.47 Å². The second-order valence-electron chi connectivity index (χ2n) is 10.5. The fourth-order valence-electron chi connectivity index (χ4n) is 4.11. The highest BCUT2D eigenvalue weighted by Crippen LogP contribution is 2.15. The van der Waals surface area contributed by atoms with Crippen molar-refractivity contribution < 1.29 is 19.1 Å². The number of allylic oxidation sites excluding steroid dienone is 6.